The molecule has 2 rings (SSSR count). The van der Waals surface area contributed by atoms with Gasteiger partial charge < -0.3 is 10.1 Å². The minimum absolute atomic E-state index is 0.250. The summed E-state index contributed by atoms with van der Waals surface area (Å²) in [6.45, 7) is 4.77. The molecule has 6 heteroatoms. The van der Waals surface area contributed by atoms with Crippen LogP contribution in [-0.2, 0) is 15.1 Å². The van der Waals surface area contributed by atoms with Crippen molar-refractivity contribution >= 4 is 27.9 Å². The third kappa shape index (κ3) is 2.71. The maximum atomic E-state index is 12.5. The van der Waals surface area contributed by atoms with Gasteiger partial charge in [-0.25, -0.2) is 4.79 Å². The third-order valence-corrected chi connectivity index (χ3v) is 3.83. The van der Waals surface area contributed by atoms with E-state index in [4.69, 9.17) is 4.74 Å². The first-order chi connectivity index (χ1) is 9.49. The van der Waals surface area contributed by atoms with Crippen molar-refractivity contribution in [2.45, 2.75) is 19.4 Å². The highest BCUT2D eigenvalue weighted by Gasteiger charge is 2.48. The second-order valence-electron chi connectivity index (χ2n) is 4.72. The predicted octanol–water partition coefficient (Wildman–Crippen LogP) is 2.25. The average Bonchev–Trinajstić information content (AvgIpc) is 2.63. The lowest BCUT2D eigenvalue weighted by molar-refractivity contribution is -0.131. The Kier molecular flexibility index (Phi) is 4.45. The van der Waals surface area contributed by atoms with Crippen molar-refractivity contribution in [3.63, 3.8) is 0 Å². The molecule has 0 saturated carbocycles. The van der Waals surface area contributed by atoms with Crippen LogP contribution in [-0.4, -0.2) is 36.6 Å². The molecule has 0 spiro atoms. The van der Waals surface area contributed by atoms with Crippen LogP contribution in [0.2, 0.25) is 0 Å². The molecule has 1 atom stereocenters. The van der Waals surface area contributed by atoms with Crippen molar-refractivity contribution in [2.24, 2.45) is 0 Å². The largest absolute Gasteiger partial charge is 0.380 e. The Balaban J connectivity index is 2.21. The normalized spacial score (nSPS) is 22.2. The topological polar surface area (TPSA) is 58.6 Å². The molecule has 1 aliphatic rings. The van der Waals surface area contributed by atoms with Crippen LogP contribution in [0.15, 0.2) is 28.7 Å². The van der Waals surface area contributed by atoms with Crippen LogP contribution < -0.4 is 5.32 Å². The lowest BCUT2D eigenvalue weighted by Gasteiger charge is -2.22. The summed E-state index contributed by atoms with van der Waals surface area (Å²) in [6, 6.07) is 7.00. The minimum Gasteiger partial charge on any atom is -0.380 e. The van der Waals surface area contributed by atoms with E-state index in [1.165, 1.54) is 4.90 Å². The number of nitrogens with zero attached hydrogens (tertiary/aromatic N) is 1. The molecule has 3 amide bonds. The highest BCUT2D eigenvalue weighted by molar-refractivity contribution is 9.10. The van der Waals surface area contributed by atoms with Gasteiger partial charge in [0.2, 0.25) is 0 Å². The number of halogens is 1. The molecule has 1 fully saturated rings. The average molecular weight is 341 g/mol. The first-order valence-electron chi connectivity index (χ1n) is 6.47. The van der Waals surface area contributed by atoms with Gasteiger partial charge >= 0.3 is 6.03 Å². The van der Waals surface area contributed by atoms with Crippen LogP contribution in [0.25, 0.3) is 0 Å². The Morgan fingerprint density at radius 1 is 1.40 bits per heavy atom. The molecular formula is C14H17BrN2O3. The van der Waals surface area contributed by atoms with Crippen LogP contribution >= 0.6 is 15.9 Å². The van der Waals surface area contributed by atoms with E-state index in [1.54, 1.807) is 6.92 Å². The summed E-state index contributed by atoms with van der Waals surface area (Å²) in [5, 5.41) is 2.76. The molecule has 5 nitrogen and oxygen atoms in total. The van der Waals surface area contributed by atoms with E-state index < -0.39 is 5.54 Å². The molecule has 108 valence electrons. The standard InChI is InChI=1S/C14H17BrN2O3/c1-3-20-8-7-17-12(18)14(2,16-13(17)19)10-5-4-6-11(15)9-10/h4-6,9H,3,7-8H2,1-2H3,(H,16,19)/t14-/m0/s1. The summed E-state index contributed by atoms with van der Waals surface area (Å²) in [5.41, 5.74) is -0.267. The quantitative estimate of drug-likeness (QED) is 0.660. The SMILES string of the molecule is CCOCCN1C(=O)N[C@@](C)(c2cccc(Br)c2)C1=O. The fraction of sp³-hybridized carbons (Fsp3) is 0.429. The van der Waals surface area contributed by atoms with Gasteiger partial charge in [0.05, 0.1) is 13.2 Å². The molecule has 1 aliphatic heterocycles. The van der Waals surface area contributed by atoms with Crippen molar-refractivity contribution in [3.8, 4) is 0 Å². The van der Waals surface area contributed by atoms with Gasteiger partial charge in [0.1, 0.15) is 5.54 Å². The lowest BCUT2D eigenvalue weighted by Crippen LogP contribution is -2.41. The first kappa shape index (κ1) is 15.0. The highest BCUT2D eigenvalue weighted by atomic mass is 79.9. The Labute approximate surface area is 126 Å². The molecular weight excluding hydrogens is 324 g/mol. The van der Waals surface area contributed by atoms with Crippen LogP contribution in [0.3, 0.4) is 0 Å². The number of carbonyl (C=O) groups is 2. The highest BCUT2D eigenvalue weighted by Crippen LogP contribution is 2.30. The summed E-state index contributed by atoms with van der Waals surface area (Å²) >= 11 is 3.38. The first-order valence-corrected chi connectivity index (χ1v) is 7.26. The third-order valence-electron chi connectivity index (χ3n) is 3.34. The molecule has 0 aromatic heterocycles. The van der Waals surface area contributed by atoms with E-state index >= 15 is 0 Å². The van der Waals surface area contributed by atoms with Crippen molar-refractivity contribution in [2.75, 3.05) is 19.8 Å². The summed E-state index contributed by atoms with van der Waals surface area (Å²) in [5.74, 6) is -0.250. The predicted molar refractivity (Wildman–Crippen MR) is 78.2 cm³/mol. The zero-order valence-electron chi connectivity index (χ0n) is 11.5. The summed E-state index contributed by atoms with van der Waals surface area (Å²) in [6.07, 6.45) is 0. The lowest BCUT2D eigenvalue weighted by atomic mass is 9.92. The molecule has 1 N–H and O–H groups in total. The molecule has 0 radical (unpaired) electrons. The Hall–Kier alpha value is -1.40. The van der Waals surface area contributed by atoms with E-state index in [9.17, 15) is 9.59 Å². The smallest absolute Gasteiger partial charge is 0.325 e. The van der Waals surface area contributed by atoms with Crippen molar-refractivity contribution in [1.82, 2.24) is 10.2 Å². The Bertz CT molecular complexity index is 535. The Morgan fingerprint density at radius 3 is 2.80 bits per heavy atom. The molecule has 1 aromatic carbocycles. The number of amides is 3. The number of hydrogen-bond acceptors (Lipinski definition) is 3. The van der Waals surface area contributed by atoms with Gasteiger partial charge in [0, 0.05) is 11.1 Å². The number of nitrogens with one attached hydrogen (secondary N) is 1. The van der Waals surface area contributed by atoms with E-state index in [-0.39, 0.29) is 18.5 Å². The molecule has 0 unspecified atom stereocenters. The van der Waals surface area contributed by atoms with E-state index in [1.807, 2.05) is 31.2 Å². The van der Waals surface area contributed by atoms with Gasteiger partial charge in [-0.05, 0) is 31.5 Å². The molecule has 0 aliphatic carbocycles. The summed E-state index contributed by atoms with van der Waals surface area (Å²) in [4.78, 5) is 25.7. The maximum absolute atomic E-state index is 12.5. The van der Waals surface area contributed by atoms with Crippen molar-refractivity contribution in [3.05, 3.63) is 34.3 Å². The molecule has 1 aromatic rings. The molecule has 20 heavy (non-hydrogen) atoms. The number of imide groups is 1. The number of hydrogen-bond donors (Lipinski definition) is 1. The van der Waals surface area contributed by atoms with Gasteiger partial charge in [0.25, 0.3) is 5.91 Å². The van der Waals surface area contributed by atoms with E-state index in [2.05, 4.69) is 21.2 Å². The number of rotatable bonds is 5. The number of carbonyl (C=O) groups excluding carboxylic acids is 2. The molecule has 0 bridgehead atoms. The van der Waals surface area contributed by atoms with E-state index in [0.29, 0.717) is 13.2 Å². The monoisotopic (exact) mass is 340 g/mol. The van der Waals surface area contributed by atoms with Gasteiger partial charge in [-0.15, -0.1) is 0 Å². The van der Waals surface area contributed by atoms with Crippen molar-refractivity contribution < 1.29 is 14.3 Å². The zero-order valence-corrected chi connectivity index (χ0v) is 13.1. The fourth-order valence-electron chi connectivity index (χ4n) is 2.20. The number of benzene rings is 1. The zero-order chi connectivity index (χ0) is 14.8. The van der Waals surface area contributed by atoms with Crippen LogP contribution in [0.4, 0.5) is 4.79 Å². The summed E-state index contributed by atoms with van der Waals surface area (Å²) < 4.78 is 6.07. The van der Waals surface area contributed by atoms with Crippen LogP contribution in [0, 0.1) is 0 Å². The minimum atomic E-state index is -1.02. The van der Waals surface area contributed by atoms with Crippen LogP contribution in [0.1, 0.15) is 19.4 Å². The van der Waals surface area contributed by atoms with Gasteiger partial charge in [-0.3, -0.25) is 9.69 Å². The Morgan fingerprint density at radius 2 is 2.15 bits per heavy atom. The van der Waals surface area contributed by atoms with Crippen molar-refractivity contribution in [1.29, 1.82) is 0 Å². The second-order valence-corrected chi connectivity index (χ2v) is 5.63. The van der Waals surface area contributed by atoms with Gasteiger partial charge in [-0.2, -0.15) is 0 Å². The molecule has 1 heterocycles. The van der Waals surface area contributed by atoms with E-state index in [0.717, 1.165) is 10.0 Å². The van der Waals surface area contributed by atoms with Gasteiger partial charge in [-0.1, -0.05) is 28.1 Å². The second kappa shape index (κ2) is 5.93. The maximum Gasteiger partial charge on any atom is 0.325 e. The van der Waals surface area contributed by atoms with Crippen LogP contribution in [0.5, 0.6) is 0 Å². The van der Waals surface area contributed by atoms with Gasteiger partial charge in [0.15, 0.2) is 0 Å². The fourth-order valence-corrected chi connectivity index (χ4v) is 2.59. The molecule has 1 saturated heterocycles. The number of urea groups is 1. The number of ether oxygens (including phenoxy) is 1. The summed E-state index contributed by atoms with van der Waals surface area (Å²) in [7, 11) is 0.